The first-order valence-corrected chi connectivity index (χ1v) is 7.83. The zero-order chi connectivity index (χ0) is 19.9. The Morgan fingerprint density at radius 2 is 1.81 bits per heavy atom. The Morgan fingerprint density at radius 1 is 1.11 bits per heavy atom. The highest BCUT2D eigenvalue weighted by Gasteiger charge is 2.31. The van der Waals surface area contributed by atoms with Crippen molar-refractivity contribution < 1.29 is 32.3 Å². The Kier molecular flexibility index (Phi) is 4.51. The summed E-state index contributed by atoms with van der Waals surface area (Å²) in [5, 5.41) is 9.33. The van der Waals surface area contributed by atoms with Crippen molar-refractivity contribution in [3.8, 4) is 0 Å². The molecule has 3 aromatic rings. The predicted octanol–water partition coefficient (Wildman–Crippen LogP) is 4.42. The van der Waals surface area contributed by atoms with Gasteiger partial charge in [0.25, 0.3) is 5.91 Å². The molecule has 1 heterocycles. The van der Waals surface area contributed by atoms with E-state index in [0.717, 1.165) is 34.9 Å². The van der Waals surface area contributed by atoms with E-state index in [2.05, 4.69) is 0 Å². The van der Waals surface area contributed by atoms with Crippen LogP contribution in [0.2, 0.25) is 0 Å². The molecule has 0 radical (unpaired) electrons. The highest BCUT2D eigenvalue weighted by molar-refractivity contribution is 6.04. The number of carbonyl (C=O) groups is 2. The maximum Gasteiger partial charge on any atom is 0.416 e. The number of aromatic nitrogens is 1. The van der Waals surface area contributed by atoms with Crippen LogP contribution in [0.3, 0.4) is 0 Å². The highest BCUT2D eigenvalue weighted by Crippen LogP contribution is 2.31. The number of aliphatic carboxylic acids is 1. The number of hydrogen-bond donors (Lipinski definition) is 1. The zero-order valence-electron chi connectivity index (χ0n) is 14.0. The van der Waals surface area contributed by atoms with Gasteiger partial charge in [-0.25, -0.2) is 4.39 Å². The van der Waals surface area contributed by atoms with Crippen LogP contribution >= 0.6 is 0 Å². The number of nitrogens with zero attached hydrogens (tertiary/aromatic N) is 1. The third-order valence-electron chi connectivity index (χ3n) is 4.26. The Balaban J connectivity index is 2.21. The molecule has 0 aliphatic heterocycles. The third-order valence-corrected chi connectivity index (χ3v) is 4.26. The Labute approximate surface area is 150 Å². The molecular formula is C19H13F4NO3. The molecule has 0 bridgehead atoms. The summed E-state index contributed by atoms with van der Waals surface area (Å²) in [4.78, 5) is 24.0. The minimum atomic E-state index is -4.61. The fourth-order valence-corrected chi connectivity index (χ4v) is 3.05. The summed E-state index contributed by atoms with van der Waals surface area (Å²) in [7, 11) is 0. The second kappa shape index (κ2) is 6.53. The maximum absolute atomic E-state index is 13.6. The van der Waals surface area contributed by atoms with Gasteiger partial charge < -0.3 is 5.11 Å². The van der Waals surface area contributed by atoms with E-state index in [1.54, 1.807) is 0 Å². The van der Waals surface area contributed by atoms with Crippen LogP contribution in [0, 0.1) is 12.7 Å². The van der Waals surface area contributed by atoms with Crippen LogP contribution in [0.1, 0.15) is 27.2 Å². The maximum atomic E-state index is 13.6. The van der Waals surface area contributed by atoms with Crippen LogP contribution in [0.5, 0.6) is 0 Å². The number of rotatable bonds is 3. The van der Waals surface area contributed by atoms with E-state index in [-0.39, 0.29) is 27.7 Å². The molecule has 27 heavy (non-hydrogen) atoms. The van der Waals surface area contributed by atoms with Gasteiger partial charge in [0, 0.05) is 16.6 Å². The van der Waals surface area contributed by atoms with E-state index < -0.39 is 35.9 Å². The van der Waals surface area contributed by atoms with Crippen molar-refractivity contribution in [2.75, 3.05) is 0 Å². The van der Waals surface area contributed by atoms with Gasteiger partial charge in [-0.2, -0.15) is 13.2 Å². The normalized spacial score (nSPS) is 11.7. The SMILES string of the molecule is Cc1c(CC(=O)O)c2cc(F)ccc2n1C(=O)c1cccc(C(F)(F)F)c1. The molecular weight excluding hydrogens is 366 g/mol. The van der Waals surface area contributed by atoms with E-state index in [0.29, 0.717) is 0 Å². The summed E-state index contributed by atoms with van der Waals surface area (Å²) < 4.78 is 53.5. The number of carboxylic acid groups (broad SMARTS) is 1. The van der Waals surface area contributed by atoms with Gasteiger partial charge in [0.15, 0.2) is 0 Å². The number of alkyl halides is 3. The number of fused-ring (bicyclic) bond motifs is 1. The third kappa shape index (κ3) is 3.42. The van der Waals surface area contributed by atoms with Crippen molar-refractivity contribution >= 4 is 22.8 Å². The largest absolute Gasteiger partial charge is 0.481 e. The first kappa shape index (κ1) is 18.6. The zero-order valence-corrected chi connectivity index (χ0v) is 14.0. The molecule has 0 atom stereocenters. The molecule has 0 fully saturated rings. The van der Waals surface area contributed by atoms with E-state index in [1.165, 1.54) is 19.1 Å². The van der Waals surface area contributed by atoms with Crippen molar-refractivity contribution in [1.29, 1.82) is 0 Å². The van der Waals surface area contributed by atoms with Gasteiger partial charge in [0.05, 0.1) is 17.5 Å². The molecule has 1 aromatic heterocycles. The summed E-state index contributed by atoms with van der Waals surface area (Å²) in [6.07, 6.45) is -5.06. The van der Waals surface area contributed by atoms with Crippen molar-refractivity contribution in [3.05, 3.63) is 70.7 Å². The first-order chi connectivity index (χ1) is 12.6. The van der Waals surface area contributed by atoms with E-state index >= 15 is 0 Å². The van der Waals surface area contributed by atoms with E-state index in [4.69, 9.17) is 5.11 Å². The lowest BCUT2D eigenvalue weighted by Gasteiger charge is -2.10. The number of carboxylic acids is 1. The molecule has 0 unspecified atom stereocenters. The minimum Gasteiger partial charge on any atom is -0.481 e. The van der Waals surface area contributed by atoms with Crippen molar-refractivity contribution in [2.24, 2.45) is 0 Å². The lowest BCUT2D eigenvalue weighted by molar-refractivity contribution is -0.138. The van der Waals surface area contributed by atoms with Gasteiger partial charge in [-0.1, -0.05) is 6.07 Å². The second-order valence-electron chi connectivity index (χ2n) is 6.02. The molecule has 4 nitrogen and oxygen atoms in total. The highest BCUT2D eigenvalue weighted by atomic mass is 19.4. The lowest BCUT2D eigenvalue weighted by atomic mass is 10.1. The van der Waals surface area contributed by atoms with E-state index in [1.807, 2.05) is 0 Å². The van der Waals surface area contributed by atoms with Crippen molar-refractivity contribution in [3.63, 3.8) is 0 Å². The van der Waals surface area contributed by atoms with Gasteiger partial charge in [0.2, 0.25) is 0 Å². The molecule has 0 amide bonds. The first-order valence-electron chi connectivity index (χ1n) is 7.83. The molecule has 8 heteroatoms. The molecule has 0 aliphatic rings. The molecule has 3 rings (SSSR count). The minimum absolute atomic E-state index is 0.212. The summed E-state index contributed by atoms with van der Waals surface area (Å²) in [6, 6.07) is 7.45. The number of halogens is 4. The molecule has 0 saturated carbocycles. The summed E-state index contributed by atoms with van der Waals surface area (Å²) in [6.45, 7) is 1.47. The van der Waals surface area contributed by atoms with Crippen LogP contribution < -0.4 is 0 Å². The Hall–Kier alpha value is -3.16. The van der Waals surface area contributed by atoms with Gasteiger partial charge in [-0.3, -0.25) is 14.2 Å². The van der Waals surface area contributed by atoms with Crippen LogP contribution in [0.4, 0.5) is 17.6 Å². The monoisotopic (exact) mass is 379 g/mol. The predicted molar refractivity (Wildman–Crippen MR) is 89.1 cm³/mol. The summed E-state index contributed by atoms with van der Waals surface area (Å²) in [5.74, 6) is -2.54. The second-order valence-corrected chi connectivity index (χ2v) is 6.02. The Bertz CT molecular complexity index is 1070. The van der Waals surface area contributed by atoms with Gasteiger partial charge in [-0.05, 0) is 48.9 Å². The molecule has 0 aliphatic carbocycles. The quantitative estimate of drug-likeness (QED) is 0.686. The molecule has 2 aromatic carbocycles. The number of carbonyl (C=O) groups excluding carboxylic acids is 1. The Morgan fingerprint density at radius 3 is 2.44 bits per heavy atom. The van der Waals surface area contributed by atoms with Crippen LogP contribution in [0.15, 0.2) is 42.5 Å². The lowest BCUT2D eigenvalue weighted by Crippen LogP contribution is -2.15. The standard InChI is InChI=1S/C19H13F4NO3/c1-10-14(9-17(25)26)15-8-13(20)5-6-16(15)24(10)18(27)11-3-2-4-12(7-11)19(21,22)23/h2-8H,9H2,1H3,(H,25,26). The average Bonchev–Trinajstić information content (AvgIpc) is 2.85. The van der Waals surface area contributed by atoms with Crippen molar-refractivity contribution in [1.82, 2.24) is 4.57 Å². The molecule has 140 valence electrons. The molecule has 0 saturated heterocycles. The average molecular weight is 379 g/mol. The topological polar surface area (TPSA) is 59.3 Å². The number of hydrogen-bond acceptors (Lipinski definition) is 2. The van der Waals surface area contributed by atoms with Gasteiger partial charge in [-0.15, -0.1) is 0 Å². The number of benzene rings is 2. The van der Waals surface area contributed by atoms with Crippen LogP contribution in [0.25, 0.3) is 10.9 Å². The van der Waals surface area contributed by atoms with Gasteiger partial charge in [0.1, 0.15) is 5.82 Å². The van der Waals surface area contributed by atoms with Gasteiger partial charge >= 0.3 is 12.1 Å². The summed E-state index contributed by atoms with van der Waals surface area (Å²) >= 11 is 0. The fraction of sp³-hybridized carbons (Fsp3) is 0.158. The van der Waals surface area contributed by atoms with E-state index in [9.17, 15) is 27.2 Å². The fourth-order valence-electron chi connectivity index (χ4n) is 3.05. The van der Waals surface area contributed by atoms with Crippen LogP contribution in [-0.4, -0.2) is 21.6 Å². The summed E-state index contributed by atoms with van der Waals surface area (Å²) in [5.41, 5.74) is -0.486. The van der Waals surface area contributed by atoms with Crippen LogP contribution in [-0.2, 0) is 17.4 Å². The van der Waals surface area contributed by atoms with Crippen molar-refractivity contribution in [2.45, 2.75) is 19.5 Å². The smallest absolute Gasteiger partial charge is 0.416 e. The molecule has 0 spiro atoms. The molecule has 1 N–H and O–H groups in total.